The van der Waals surface area contributed by atoms with Crippen molar-refractivity contribution in [3.8, 4) is 11.3 Å². The number of aromatic nitrogens is 2. The molecule has 0 spiro atoms. The maximum atomic E-state index is 12.6. The molecule has 2 aromatic carbocycles. The minimum Gasteiger partial charge on any atom is -0.292 e. The number of rotatable bonds is 3. The Hall–Kier alpha value is -2.42. The highest BCUT2D eigenvalue weighted by atomic mass is 16.1. The zero-order valence-electron chi connectivity index (χ0n) is 13.5. The summed E-state index contributed by atoms with van der Waals surface area (Å²) in [5.41, 5.74) is 5.11. The molecule has 3 aromatic rings. The Morgan fingerprint density at radius 2 is 1.78 bits per heavy atom. The third kappa shape index (κ3) is 2.56. The summed E-state index contributed by atoms with van der Waals surface area (Å²) < 4.78 is 1.87. The highest BCUT2D eigenvalue weighted by Crippen LogP contribution is 2.33. The first-order valence-corrected chi connectivity index (χ1v) is 8.20. The van der Waals surface area contributed by atoms with Crippen LogP contribution in [0, 0.1) is 19.8 Å². The van der Waals surface area contributed by atoms with Crippen molar-refractivity contribution >= 4 is 10.9 Å². The van der Waals surface area contributed by atoms with Gasteiger partial charge in [-0.15, -0.1) is 0 Å². The van der Waals surface area contributed by atoms with Crippen molar-refractivity contribution in [1.82, 2.24) is 9.55 Å². The van der Waals surface area contributed by atoms with Gasteiger partial charge in [0.15, 0.2) is 0 Å². The van der Waals surface area contributed by atoms with E-state index in [1.807, 2.05) is 34.9 Å². The SMILES string of the molecule is Cc1cc2c(-c3ccccc3)nc(=O)n(CC3CC3)c2cc1C. The summed E-state index contributed by atoms with van der Waals surface area (Å²) in [5, 5.41) is 1.07. The second-order valence-electron chi connectivity index (χ2n) is 6.62. The lowest BCUT2D eigenvalue weighted by atomic mass is 10.0. The van der Waals surface area contributed by atoms with Gasteiger partial charge in [0, 0.05) is 17.5 Å². The molecule has 116 valence electrons. The van der Waals surface area contributed by atoms with Crippen LogP contribution in [0.1, 0.15) is 24.0 Å². The van der Waals surface area contributed by atoms with E-state index in [2.05, 4.69) is 31.0 Å². The van der Waals surface area contributed by atoms with Gasteiger partial charge in [0.2, 0.25) is 0 Å². The van der Waals surface area contributed by atoms with Crippen molar-refractivity contribution in [3.63, 3.8) is 0 Å². The van der Waals surface area contributed by atoms with Gasteiger partial charge in [-0.05, 0) is 55.9 Å². The first kappa shape index (κ1) is 14.2. The minimum absolute atomic E-state index is 0.133. The topological polar surface area (TPSA) is 34.9 Å². The summed E-state index contributed by atoms with van der Waals surface area (Å²) in [4.78, 5) is 17.1. The summed E-state index contributed by atoms with van der Waals surface area (Å²) >= 11 is 0. The van der Waals surface area contributed by atoms with Crippen LogP contribution < -0.4 is 5.69 Å². The van der Waals surface area contributed by atoms with Gasteiger partial charge in [0.1, 0.15) is 0 Å². The summed E-state index contributed by atoms with van der Waals surface area (Å²) in [5.74, 6) is 0.641. The third-order valence-corrected chi connectivity index (χ3v) is 4.78. The molecule has 0 N–H and O–H groups in total. The molecule has 3 heteroatoms. The van der Waals surface area contributed by atoms with Crippen molar-refractivity contribution in [3.05, 3.63) is 64.1 Å². The Kier molecular flexibility index (Phi) is 3.29. The molecule has 1 fully saturated rings. The fraction of sp³-hybridized carbons (Fsp3) is 0.300. The molecule has 1 aliphatic rings. The van der Waals surface area contributed by atoms with E-state index in [9.17, 15) is 4.79 Å². The maximum Gasteiger partial charge on any atom is 0.348 e. The van der Waals surface area contributed by atoms with Crippen LogP contribution in [-0.2, 0) is 6.54 Å². The van der Waals surface area contributed by atoms with Gasteiger partial charge in [-0.1, -0.05) is 30.3 Å². The van der Waals surface area contributed by atoms with E-state index in [1.165, 1.54) is 24.0 Å². The number of nitrogens with zero attached hydrogens (tertiary/aromatic N) is 2. The van der Waals surface area contributed by atoms with E-state index in [0.29, 0.717) is 5.92 Å². The first-order chi connectivity index (χ1) is 11.1. The van der Waals surface area contributed by atoms with Crippen LogP contribution in [0.25, 0.3) is 22.2 Å². The van der Waals surface area contributed by atoms with Gasteiger partial charge in [-0.25, -0.2) is 4.79 Å². The Labute approximate surface area is 135 Å². The van der Waals surface area contributed by atoms with Crippen molar-refractivity contribution < 1.29 is 0 Å². The molecule has 1 aliphatic carbocycles. The molecule has 0 bridgehead atoms. The van der Waals surface area contributed by atoms with Crippen LogP contribution in [-0.4, -0.2) is 9.55 Å². The Morgan fingerprint density at radius 1 is 1.09 bits per heavy atom. The van der Waals surface area contributed by atoms with Gasteiger partial charge in [0.05, 0.1) is 11.2 Å². The fourth-order valence-electron chi connectivity index (χ4n) is 3.08. The molecule has 23 heavy (non-hydrogen) atoms. The zero-order valence-corrected chi connectivity index (χ0v) is 13.5. The average Bonchev–Trinajstić information content (AvgIpc) is 3.37. The molecular formula is C20H20N2O. The van der Waals surface area contributed by atoms with Gasteiger partial charge in [0.25, 0.3) is 0 Å². The molecule has 0 radical (unpaired) electrons. The smallest absolute Gasteiger partial charge is 0.292 e. The van der Waals surface area contributed by atoms with E-state index < -0.39 is 0 Å². The molecule has 1 saturated carbocycles. The Morgan fingerprint density at radius 3 is 2.48 bits per heavy atom. The monoisotopic (exact) mass is 304 g/mol. The third-order valence-electron chi connectivity index (χ3n) is 4.78. The van der Waals surface area contributed by atoms with Crippen molar-refractivity contribution in [2.45, 2.75) is 33.2 Å². The minimum atomic E-state index is -0.133. The van der Waals surface area contributed by atoms with Crippen LogP contribution in [0.3, 0.4) is 0 Å². The molecule has 0 aliphatic heterocycles. The van der Waals surface area contributed by atoms with Gasteiger partial charge < -0.3 is 0 Å². The van der Waals surface area contributed by atoms with Gasteiger partial charge in [-0.2, -0.15) is 4.98 Å². The molecule has 3 nitrogen and oxygen atoms in total. The molecule has 0 saturated heterocycles. The number of hydrogen-bond acceptors (Lipinski definition) is 2. The highest BCUT2D eigenvalue weighted by Gasteiger charge is 2.24. The maximum absolute atomic E-state index is 12.6. The van der Waals surface area contributed by atoms with Crippen LogP contribution in [0.2, 0.25) is 0 Å². The molecule has 1 heterocycles. The van der Waals surface area contributed by atoms with Crippen molar-refractivity contribution in [2.24, 2.45) is 5.92 Å². The van der Waals surface area contributed by atoms with Crippen LogP contribution in [0.4, 0.5) is 0 Å². The Bertz CT molecular complexity index is 937. The lowest BCUT2D eigenvalue weighted by molar-refractivity contribution is 0.614. The van der Waals surface area contributed by atoms with Crippen LogP contribution >= 0.6 is 0 Å². The first-order valence-electron chi connectivity index (χ1n) is 8.20. The number of aryl methyl sites for hydroxylation is 2. The highest BCUT2D eigenvalue weighted by molar-refractivity contribution is 5.93. The largest absolute Gasteiger partial charge is 0.348 e. The predicted molar refractivity (Wildman–Crippen MR) is 93.6 cm³/mol. The summed E-state index contributed by atoms with van der Waals surface area (Å²) in [6, 6.07) is 14.3. The second-order valence-corrected chi connectivity index (χ2v) is 6.62. The van der Waals surface area contributed by atoms with E-state index in [0.717, 1.165) is 28.7 Å². The van der Waals surface area contributed by atoms with Crippen molar-refractivity contribution in [2.75, 3.05) is 0 Å². The average molecular weight is 304 g/mol. The molecule has 0 atom stereocenters. The summed E-state index contributed by atoms with van der Waals surface area (Å²) in [6.45, 7) is 5.00. The predicted octanol–water partition coefficient (Wildman–Crippen LogP) is 4.09. The van der Waals surface area contributed by atoms with Crippen LogP contribution in [0.5, 0.6) is 0 Å². The fourth-order valence-corrected chi connectivity index (χ4v) is 3.08. The standard InChI is InChI=1S/C20H20N2O/c1-13-10-17-18(11-14(13)2)22(12-15-8-9-15)20(23)21-19(17)16-6-4-3-5-7-16/h3-7,10-11,15H,8-9,12H2,1-2H3. The quantitative estimate of drug-likeness (QED) is 0.730. The molecule has 0 amide bonds. The second kappa shape index (κ2) is 5.34. The molecule has 1 aromatic heterocycles. The van der Waals surface area contributed by atoms with Gasteiger partial charge >= 0.3 is 5.69 Å². The van der Waals surface area contributed by atoms with Crippen LogP contribution in [0.15, 0.2) is 47.3 Å². The molecular weight excluding hydrogens is 284 g/mol. The summed E-state index contributed by atoms with van der Waals surface area (Å²) in [6.07, 6.45) is 2.44. The molecule has 4 rings (SSSR count). The number of fused-ring (bicyclic) bond motifs is 1. The van der Waals surface area contributed by atoms with E-state index in [4.69, 9.17) is 0 Å². The Balaban J connectivity index is 2.04. The van der Waals surface area contributed by atoms with Gasteiger partial charge in [-0.3, -0.25) is 4.57 Å². The number of benzene rings is 2. The lowest BCUT2D eigenvalue weighted by Gasteiger charge is -2.14. The lowest BCUT2D eigenvalue weighted by Crippen LogP contribution is -2.25. The normalized spacial score (nSPS) is 14.3. The van der Waals surface area contributed by atoms with E-state index in [1.54, 1.807) is 0 Å². The zero-order chi connectivity index (χ0) is 16.0. The van der Waals surface area contributed by atoms with E-state index >= 15 is 0 Å². The van der Waals surface area contributed by atoms with Crippen molar-refractivity contribution in [1.29, 1.82) is 0 Å². The number of hydrogen-bond donors (Lipinski definition) is 0. The van der Waals surface area contributed by atoms with E-state index in [-0.39, 0.29) is 5.69 Å². The molecule has 0 unspecified atom stereocenters. The summed E-state index contributed by atoms with van der Waals surface area (Å²) in [7, 11) is 0.